The number of hydrogen-bond acceptors (Lipinski definition) is 4. The minimum Gasteiger partial charge on any atom is -0.441 e. The first kappa shape index (κ1) is 15.0. The number of para-hydroxylation sites is 1. The summed E-state index contributed by atoms with van der Waals surface area (Å²) in [6.45, 7) is 2.87. The predicted octanol–water partition coefficient (Wildman–Crippen LogP) is 3.44. The SMILES string of the molecule is O=C(c1ccc(Cl)cc1)N1CCN(c2cccc3ncoc23)CC1. The van der Waals surface area contributed by atoms with Crippen molar-refractivity contribution in [1.82, 2.24) is 9.88 Å². The van der Waals surface area contributed by atoms with Crippen molar-refractivity contribution in [2.45, 2.75) is 0 Å². The van der Waals surface area contributed by atoms with Gasteiger partial charge in [0.1, 0.15) is 5.52 Å². The van der Waals surface area contributed by atoms with Gasteiger partial charge in [-0.25, -0.2) is 4.98 Å². The number of aromatic nitrogens is 1. The van der Waals surface area contributed by atoms with Crippen LogP contribution in [0.4, 0.5) is 5.69 Å². The lowest BCUT2D eigenvalue weighted by Gasteiger charge is -2.36. The van der Waals surface area contributed by atoms with Gasteiger partial charge in [-0.05, 0) is 36.4 Å². The Hall–Kier alpha value is -2.53. The van der Waals surface area contributed by atoms with E-state index in [1.807, 2.05) is 23.1 Å². The minimum absolute atomic E-state index is 0.0455. The zero-order valence-electron chi connectivity index (χ0n) is 13.0. The first-order chi connectivity index (χ1) is 11.7. The van der Waals surface area contributed by atoms with Crippen molar-refractivity contribution in [3.05, 3.63) is 59.4 Å². The first-order valence-electron chi connectivity index (χ1n) is 7.84. The molecule has 0 atom stereocenters. The Morgan fingerprint density at radius 2 is 1.79 bits per heavy atom. The van der Waals surface area contributed by atoms with Gasteiger partial charge in [0.05, 0.1) is 5.69 Å². The summed E-state index contributed by atoms with van der Waals surface area (Å²) in [5, 5.41) is 0.636. The summed E-state index contributed by atoms with van der Waals surface area (Å²) in [5.41, 5.74) is 3.36. The number of piperazine rings is 1. The highest BCUT2D eigenvalue weighted by Gasteiger charge is 2.23. The van der Waals surface area contributed by atoms with Crippen LogP contribution in [0.1, 0.15) is 10.4 Å². The average molecular weight is 342 g/mol. The van der Waals surface area contributed by atoms with E-state index in [9.17, 15) is 4.79 Å². The highest BCUT2D eigenvalue weighted by atomic mass is 35.5. The highest BCUT2D eigenvalue weighted by molar-refractivity contribution is 6.30. The van der Waals surface area contributed by atoms with E-state index in [1.54, 1.807) is 24.3 Å². The third-order valence-corrected chi connectivity index (χ3v) is 4.59. The molecule has 24 heavy (non-hydrogen) atoms. The number of rotatable bonds is 2. The van der Waals surface area contributed by atoms with Crippen LogP contribution in [0.3, 0.4) is 0 Å². The van der Waals surface area contributed by atoms with E-state index in [4.69, 9.17) is 16.0 Å². The summed E-state index contributed by atoms with van der Waals surface area (Å²) in [6.07, 6.45) is 1.47. The van der Waals surface area contributed by atoms with Crippen LogP contribution in [-0.4, -0.2) is 42.0 Å². The quantitative estimate of drug-likeness (QED) is 0.716. The van der Waals surface area contributed by atoms with Gasteiger partial charge in [-0.15, -0.1) is 0 Å². The maximum Gasteiger partial charge on any atom is 0.253 e. The molecule has 1 amide bonds. The Labute approximate surface area is 144 Å². The Morgan fingerprint density at radius 1 is 1.04 bits per heavy atom. The second kappa shape index (κ2) is 6.17. The van der Waals surface area contributed by atoms with Gasteiger partial charge in [0.15, 0.2) is 12.0 Å². The molecule has 1 aromatic heterocycles. The van der Waals surface area contributed by atoms with Crippen LogP contribution in [0.15, 0.2) is 53.3 Å². The molecule has 1 aliphatic heterocycles. The smallest absolute Gasteiger partial charge is 0.253 e. The maximum absolute atomic E-state index is 12.6. The summed E-state index contributed by atoms with van der Waals surface area (Å²) in [5.74, 6) is 0.0455. The highest BCUT2D eigenvalue weighted by Crippen LogP contribution is 2.27. The number of nitrogens with zero attached hydrogens (tertiary/aromatic N) is 3. The second-order valence-corrected chi connectivity index (χ2v) is 6.20. The Kier molecular flexibility index (Phi) is 3.86. The molecule has 0 bridgehead atoms. The maximum atomic E-state index is 12.6. The standard InChI is InChI=1S/C18H16ClN3O2/c19-14-6-4-13(5-7-14)18(23)22-10-8-21(9-11-22)16-3-1-2-15-17(16)24-12-20-15/h1-7,12H,8-11H2. The molecule has 1 fully saturated rings. The zero-order chi connectivity index (χ0) is 16.5. The summed E-state index contributed by atoms with van der Waals surface area (Å²) in [4.78, 5) is 20.9. The van der Waals surface area contributed by atoms with Crippen LogP contribution in [0.2, 0.25) is 5.02 Å². The van der Waals surface area contributed by atoms with Gasteiger partial charge >= 0.3 is 0 Å². The molecule has 5 nitrogen and oxygen atoms in total. The number of hydrogen-bond donors (Lipinski definition) is 0. The zero-order valence-corrected chi connectivity index (χ0v) is 13.7. The van der Waals surface area contributed by atoms with Gasteiger partial charge in [-0.3, -0.25) is 4.79 Å². The molecule has 1 saturated heterocycles. The van der Waals surface area contributed by atoms with E-state index < -0.39 is 0 Å². The fourth-order valence-electron chi connectivity index (χ4n) is 3.05. The van der Waals surface area contributed by atoms with E-state index in [-0.39, 0.29) is 5.91 Å². The molecule has 2 heterocycles. The number of carbonyl (C=O) groups excluding carboxylic acids is 1. The predicted molar refractivity (Wildman–Crippen MR) is 93.6 cm³/mol. The molecular weight excluding hydrogens is 326 g/mol. The molecule has 4 rings (SSSR count). The van der Waals surface area contributed by atoms with Crippen molar-refractivity contribution in [1.29, 1.82) is 0 Å². The Bertz CT molecular complexity index is 867. The van der Waals surface area contributed by atoms with Crippen LogP contribution in [0, 0.1) is 0 Å². The topological polar surface area (TPSA) is 49.6 Å². The van der Waals surface area contributed by atoms with E-state index in [0.717, 1.165) is 29.9 Å². The molecule has 122 valence electrons. The fraction of sp³-hybridized carbons (Fsp3) is 0.222. The molecule has 2 aromatic carbocycles. The number of oxazole rings is 1. The van der Waals surface area contributed by atoms with Gasteiger partial charge in [-0.1, -0.05) is 17.7 Å². The summed E-state index contributed by atoms with van der Waals surface area (Å²) >= 11 is 5.88. The van der Waals surface area contributed by atoms with E-state index >= 15 is 0 Å². The van der Waals surface area contributed by atoms with E-state index in [1.165, 1.54) is 6.39 Å². The molecule has 0 unspecified atom stereocenters. The molecule has 0 saturated carbocycles. The second-order valence-electron chi connectivity index (χ2n) is 5.76. The van der Waals surface area contributed by atoms with Gasteiger partial charge < -0.3 is 14.2 Å². The van der Waals surface area contributed by atoms with Gasteiger partial charge in [0.2, 0.25) is 0 Å². The van der Waals surface area contributed by atoms with Crippen molar-refractivity contribution in [3.63, 3.8) is 0 Å². The average Bonchev–Trinajstić information content (AvgIpc) is 3.11. The summed E-state index contributed by atoms with van der Waals surface area (Å²) in [6, 6.07) is 13.0. The number of fused-ring (bicyclic) bond motifs is 1. The lowest BCUT2D eigenvalue weighted by molar-refractivity contribution is 0.0747. The van der Waals surface area contributed by atoms with Crippen molar-refractivity contribution in [3.8, 4) is 0 Å². The molecule has 0 spiro atoms. The molecule has 0 radical (unpaired) electrons. The summed E-state index contributed by atoms with van der Waals surface area (Å²) in [7, 11) is 0. The molecule has 3 aromatic rings. The largest absolute Gasteiger partial charge is 0.441 e. The van der Waals surface area contributed by atoms with Crippen LogP contribution < -0.4 is 4.90 Å². The van der Waals surface area contributed by atoms with Crippen molar-refractivity contribution < 1.29 is 9.21 Å². The van der Waals surface area contributed by atoms with Crippen LogP contribution in [-0.2, 0) is 0 Å². The van der Waals surface area contributed by atoms with Crippen LogP contribution in [0.25, 0.3) is 11.1 Å². The van der Waals surface area contributed by atoms with Crippen LogP contribution in [0.5, 0.6) is 0 Å². The molecule has 0 N–H and O–H groups in total. The Balaban J connectivity index is 1.48. The monoisotopic (exact) mass is 341 g/mol. The normalized spacial score (nSPS) is 15.0. The van der Waals surface area contributed by atoms with Crippen molar-refractivity contribution in [2.75, 3.05) is 31.1 Å². The number of halogens is 1. The molecular formula is C18H16ClN3O2. The lowest BCUT2D eigenvalue weighted by Crippen LogP contribution is -2.48. The lowest BCUT2D eigenvalue weighted by atomic mass is 10.1. The van der Waals surface area contributed by atoms with Gasteiger partial charge in [0.25, 0.3) is 5.91 Å². The number of anilines is 1. The number of amides is 1. The molecule has 6 heteroatoms. The molecule has 1 aliphatic rings. The van der Waals surface area contributed by atoms with E-state index in [2.05, 4.69) is 9.88 Å². The van der Waals surface area contributed by atoms with Crippen LogP contribution >= 0.6 is 11.6 Å². The van der Waals surface area contributed by atoms with Gasteiger partial charge in [-0.2, -0.15) is 0 Å². The van der Waals surface area contributed by atoms with E-state index in [0.29, 0.717) is 23.7 Å². The van der Waals surface area contributed by atoms with Crippen molar-refractivity contribution in [2.24, 2.45) is 0 Å². The fourth-order valence-corrected chi connectivity index (χ4v) is 3.17. The van der Waals surface area contributed by atoms with Gasteiger partial charge in [0, 0.05) is 36.8 Å². The third kappa shape index (κ3) is 2.71. The number of carbonyl (C=O) groups is 1. The molecule has 0 aliphatic carbocycles. The van der Waals surface area contributed by atoms with Crippen molar-refractivity contribution >= 4 is 34.3 Å². The summed E-state index contributed by atoms with van der Waals surface area (Å²) < 4.78 is 5.51. The minimum atomic E-state index is 0.0455. The first-order valence-corrected chi connectivity index (χ1v) is 8.22. The third-order valence-electron chi connectivity index (χ3n) is 4.33. The Morgan fingerprint density at radius 3 is 2.54 bits per heavy atom. The number of benzene rings is 2.